The Morgan fingerprint density at radius 3 is 2.76 bits per heavy atom. The molecular weight excluding hydrogens is 334 g/mol. The molecule has 0 radical (unpaired) electrons. The Labute approximate surface area is 153 Å². The first-order valence-electron chi connectivity index (χ1n) is 8.85. The molecule has 134 valence electrons. The molecule has 25 heavy (non-hydrogen) atoms. The monoisotopic (exact) mass is 359 g/mol. The van der Waals surface area contributed by atoms with Crippen LogP contribution in [0.3, 0.4) is 0 Å². The number of amides is 1. The number of ether oxygens (including phenoxy) is 1. The van der Waals surface area contributed by atoms with E-state index in [1.807, 2.05) is 12.3 Å². The van der Waals surface area contributed by atoms with Gasteiger partial charge in [-0.15, -0.1) is 11.3 Å². The van der Waals surface area contributed by atoms with E-state index in [2.05, 4.69) is 39.5 Å². The zero-order valence-electron chi connectivity index (χ0n) is 14.7. The van der Waals surface area contributed by atoms with Gasteiger partial charge in [0.15, 0.2) is 0 Å². The van der Waals surface area contributed by atoms with Gasteiger partial charge in [-0.3, -0.25) is 9.69 Å². The largest absolute Gasteiger partial charge is 0.379 e. The van der Waals surface area contributed by atoms with E-state index in [1.54, 1.807) is 11.3 Å². The van der Waals surface area contributed by atoms with Crippen molar-refractivity contribution in [3.05, 3.63) is 40.9 Å². The van der Waals surface area contributed by atoms with Crippen molar-refractivity contribution in [1.29, 1.82) is 0 Å². The van der Waals surface area contributed by atoms with Crippen molar-refractivity contribution < 1.29 is 9.53 Å². The maximum absolute atomic E-state index is 11.8. The van der Waals surface area contributed by atoms with E-state index in [4.69, 9.17) is 4.74 Å². The molecule has 2 aromatic rings. The van der Waals surface area contributed by atoms with Gasteiger partial charge >= 0.3 is 0 Å². The second kappa shape index (κ2) is 9.08. The van der Waals surface area contributed by atoms with Gasteiger partial charge in [0.25, 0.3) is 0 Å². The number of nitrogens with zero attached hydrogens (tertiary/aromatic N) is 2. The average molecular weight is 359 g/mol. The summed E-state index contributed by atoms with van der Waals surface area (Å²) in [6, 6.07) is 8.57. The summed E-state index contributed by atoms with van der Waals surface area (Å²) in [6.07, 6.45) is 1.30. The first-order valence-corrected chi connectivity index (χ1v) is 9.73. The number of morpholine rings is 1. The summed E-state index contributed by atoms with van der Waals surface area (Å²) < 4.78 is 5.39. The van der Waals surface area contributed by atoms with E-state index >= 15 is 0 Å². The molecular formula is C19H25N3O2S. The van der Waals surface area contributed by atoms with Crippen LogP contribution in [-0.4, -0.2) is 48.6 Å². The third-order valence-electron chi connectivity index (χ3n) is 4.18. The van der Waals surface area contributed by atoms with E-state index in [1.165, 1.54) is 5.56 Å². The Kier molecular flexibility index (Phi) is 6.55. The number of hydrogen-bond donors (Lipinski definition) is 1. The number of hydrogen-bond acceptors (Lipinski definition) is 5. The number of aromatic nitrogens is 1. The van der Waals surface area contributed by atoms with Gasteiger partial charge in [0.1, 0.15) is 5.01 Å². The Hall–Kier alpha value is -1.76. The van der Waals surface area contributed by atoms with E-state index < -0.39 is 0 Å². The lowest BCUT2D eigenvalue weighted by Crippen LogP contribution is -2.35. The van der Waals surface area contributed by atoms with Gasteiger partial charge in [-0.2, -0.15) is 0 Å². The summed E-state index contributed by atoms with van der Waals surface area (Å²) in [6.45, 7) is 7.38. The summed E-state index contributed by atoms with van der Waals surface area (Å²) in [7, 11) is 0. The summed E-state index contributed by atoms with van der Waals surface area (Å²) in [4.78, 5) is 18.8. The van der Waals surface area contributed by atoms with Gasteiger partial charge in [-0.25, -0.2) is 4.98 Å². The molecule has 6 heteroatoms. The Morgan fingerprint density at radius 2 is 2.04 bits per heavy atom. The second-order valence-corrected chi connectivity index (χ2v) is 7.11. The Morgan fingerprint density at radius 1 is 1.28 bits per heavy atom. The minimum absolute atomic E-state index is 0.0413. The van der Waals surface area contributed by atoms with Crippen molar-refractivity contribution in [3.8, 4) is 10.6 Å². The molecule has 1 fully saturated rings. The minimum atomic E-state index is 0.0413. The zero-order chi connectivity index (χ0) is 17.5. The smallest absolute Gasteiger partial charge is 0.226 e. The van der Waals surface area contributed by atoms with Crippen molar-refractivity contribution in [1.82, 2.24) is 15.2 Å². The summed E-state index contributed by atoms with van der Waals surface area (Å²) in [5.41, 5.74) is 3.25. The highest BCUT2D eigenvalue weighted by atomic mass is 32.1. The molecule has 1 aliphatic rings. The molecule has 0 bridgehead atoms. The number of carbonyl (C=O) groups excluding carboxylic acids is 1. The van der Waals surface area contributed by atoms with Crippen LogP contribution in [0.2, 0.25) is 0 Å². The first kappa shape index (κ1) is 18.0. The lowest BCUT2D eigenvalue weighted by atomic mass is 10.1. The predicted molar refractivity (Wildman–Crippen MR) is 101 cm³/mol. The Bertz CT molecular complexity index is 678. The fourth-order valence-corrected chi connectivity index (χ4v) is 3.61. The van der Waals surface area contributed by atoms with Crippen LogP contribution in [0.15, 0.2) is 29.6 Å². The van der Waals surface area contributed by atoms with Crippen molar-refractivity contribution >= 4 is 17.2 Å². The van der Waals surface area contributed by atoms with Crippen LogP contribution in [0.4, 0.5) is 0 Å². The molecule has 1 N–H and O–H groups in total. The highest BCUT2D eigenvalue weighted by molar-refractivity contribution is 7.13. The van der Waals surface area contributed by atoms with Gasteiger partial charge in [-0.1, -0.05) is 31.2 Å². The van der Waals surface area contributed by atoms with Crippen LogP contribution in [0.5, 0.6) is 0 Å². The minimum Gasteiger partial charge on any atom is -0.379 e. The molecule has 0 saturated carbocycles. The van der Waals surface area contributed by atoms with Gasteiger partial charge in [-0.05, 0) is 12.0 Å². The predicted octanol–water partition coefficient (Wildman–Crippen LogP) is 2.71. The van der Waals surface area contributed by atoms with Crippen LogP contribution >= 0.6 is 11.3 Å². The van der Waals surface area contributed by atoms with Crippen molar-refractivity contribution in [3.63, 3.8) is 0 Å². The lowest BCUT2D eigenvalue weighted by molar-refractivity contribution is -0.120. The van der Waals surface area contributed by atoms with Crippen molar-refractivity contribution in [2.45, 2.75) is 26.3 Å². The molecule has 1 aliphatic heterocycles. The van der Waals surface area contributed by atoms with E-state index in [9.17, 15) is 4.79 Å². The quantitative estimate of drug-likeness (QED) is 0.826. The molecule has 0 unspecified atom stereocenters. The first-order chi connectivity index (χ1) is 12.2. The molecule has 3 rings (SSSR count). The highest BCUT2D eigenvalue weighted by Gasteiger charge is 2.12. The summed E-state index contributed by atoms with van der Waals surface area (Å²) >= 11 is 1.59. The van der Waals surface area contributed by atoms with Crippen LogP contribution < -0.4 is 5.32 Å². The van der Waals surface area contributed by atoms with Crippen LogP contribution in [-0.2, 0) is 22.5 Å². The molecule has 2 heterocycles. The van der Waals surface area contributed by atoms with Crippen molar-refractivity contribution in [2.75, 3.05) is 32.8 Å². The fraction of sp³-hybridized carbons (Fsp3) is 0.474. The van der Waals surface area contributed by atoms with Crippen molar-refractivity contribution in [2.24, 2.45) is 0 Å². The number of rotatable bonds is 7. The topological polar surface area (TPSA) is 54.5 Å². The average Bonchev–Trinajstić information content (AvgIpc) is 3.10. The van der Waals surface area contributed by atoms with E-state index in [-0.39, 0.29) is 5.91 Å². The molecule has 1 aromatic heterocycles. The molecule has 1 saturated heterocycles. The number of thiazole rings is 1. The van der Waals surface area contributed by atoms with E-state index in [0.717, 1.165) is 62.1 Å². The lowest BCUT2D eigenvalue weighted by Gasteiger charge is -2.26. The second-order valence-electron chi connectivity index (χ2n) is 6.26. The molecule has 1 aromatic carbocycles. The third-order valence-corrected chi connectivity index (χ3v) is 5.12. The standard InChI is InChI=1S/C19H25N3O2S/c1-2-7-20-18(23)12-17-14-25-19(21-17)16-5-3-15(4-6-16)13-22-8-10-24-11-9-22/h3-6,14H,2,7-13H2,1H3,(H,20,23). The van der Waals surface area contributed by atoms with Crippen LogP contribution in [0.1, 0.15) is 24.6 Å². The third kappa shape index (κ3) is 5.36. The zero-order valence-corrected chi connectivity index (χ0v) is 15.5. The molecule has 0 spiro atoms. The number of nitrogens with one attached hydrogen (secondary N) is 1. The number of benzene rings is 1. The summed E-state index contributed by atoms with van der Waals surface area (Å²) in [5, 5.41) is 5.83. The van der Waals surface area contributed by atoms with Crippen LogP contribution in [0, 0.1) is 0 Å². The summed E-state index contributed by atoms with van der Waals surface area (Å²) in [5.74, 6) is 0.0413. The number of carbonyl (C=O) groups is 1. The fourth-order valence-electron chi connectivity index (χ4n) is 2.78. The SMILES string of the molecule is CCCNC(=O)Cc1csc(-c2ccc(CN3CCOCC3)cc2)n1. The normalized spacial score (nSPS) is 15.2. The molecule has 5 nitrogen and oxygen atoms in total. The van der Waals surface area contributed by atoms with Crippen LogP contribution in [0.25, 0.3) is 10.6 Å². The van der Waals surface area contributed by atoms with Gasteiger partial charge in [0, 0.05) is 37.1 Å². The van der Waals surface area contributed by atoms with Gasteiger partial charge in [0.2, 0.25) is 5.91 Å². The van der Waals surface area contributed by atoms with Gasteiger partial charge < -0.3 is 10.1 Å². The maximum Gasteiger partial charge on any atom is 0.226 e. The molecule has 1 amide bonds. The Balaban J connectivity index is 1.57. The molecule has 0 aliphatic carbocycles. The maximum atomic E-state index is 11.8. The highest BCUT2D eigenvalue weighted by Crippen LogP contribution is 2.24. The van der Waals surface area contributed by atoms with E-state index in [0.29, 0.717) is 6.42 Å². The molecule has 0 atom stereocenters. The van der Waals surface area contributed by atoms with Gasteiger partial charge in [0.05, 0.1) is 25.3 Å².